The SMILES string of the molecule is CCCOc1ccccc1NC(=O)C[C@@H]1SC(=NCc2ccccc2)NC1=O. The zero-order valence-electron chi connectivity index (χ0n) is 15.7. The molecule has 0 spiro atoms. The van der Waals surface area contributed by atoms with E-state index in [4.69, 9.17) is 4.74 Å². The Morgan fingerprint density at radius 3 is 2.71 bits per heavy atom. The van der Waals surface area contributed by atoms with Gasteiger partial charge in [-0.1, -0.05) is 61.2 Å². The predicted molar refractivity (Wildman–Crippen MR) is 113 cm³/mol. The first-order valence-corrected chi connectivity index (χ1v) is 10.1. The third-order valence-electron chi connectivity index (χ3n) is 4.02. The van der Waals surface area contributed by atoms with Gasteiger partial charge in [-0.2, -0.15) is 0 Å². The molecule has 2 amide bonds. The molecule has 0 aliphatic carbocycles. The van der Waals surface area contributed by atoms with E-state index in [-0.39, 0.29) is 18.2 Å². The summed E-state index contributed by atoms with van der Waals surface area (Å²) >= 11 is 1.29. The summed E-state index contributed by atoms with van der Waals surface area (Å²) in [5, 5.41) is 5.66. The van der Waals surface area contributed by atoms with Gasteiger partial charge in [-0.3, -0.25) is 14.6 Å². The van der Waals surface area contributed by atoms with E-state index in [0.717, 1.165) is 12.0 Å². The maximum atomic E-state index is 12.4. The third kappa shape index (κ3) is 5.60. The van der Waals surface area contributed by atoms with Crippen LogP contribution in [-0.4, -0.2) is 28.8 Å². The Morgan fingerprint density at radius 1 is 1.18 bits per heavy atom. The number of benzene rings is 2. The minimum atomic E-state index is -0.488. The Balaban J connectivity index is 1.55. The molecule has 6 nitrogen and oxygen atoms in total. The standard InChI is InChI=1S/C21H23N3O3S/c1-2-12-27-17-11-7-6-10-16(17)23-19(25)13-18-20(26)24-21(28-18)22-14-15-8-4-3-5-9-15/h3-11,18H,2,12-14H2,1H3,(H,23,25)(H,22,24,26)/t18-/m0/s1. The zero-order chi connectivity index (χ0) is 19.8. The number of nitrogens with one attached hydrogen (secondary N) is 2. The van der Waals surface area contributed by atoms with E-state index >= 15 is 0 Å². The highest BCUT2D eigenvalue weighted by molar-refractivity contribution is 8.15. The van der Waals surface area contributed by atoms with Gasteiger partial charge < -0.3 is 15.4 Å². The number of aliphatic imine (C=N–C) groups is 1. The Bertz CT molecular complexity index is 855. The molecule has 1 aliphatic heterocycles. The number of amidine groups is 1. The molecule has 7 heteroatoms. The van der Waals surface area contributed by atoms with Crippen LogP contribution in [0.5, 0.6) is 5.75 Å². The third-order valence-corrected chi connectivity index (χ3v) is 5.14. The number of hydrogen-bond donors (Lipinski definition) is 2. The van der Waals surface area contributed by atoms with Crippen LogP contribution in [0.3, 0.4) is 0 Å². The number of hydrogen-bond acceptors (Lipinski definition) is 5. The highest BCUT2D eigenvalue weighted by Crippen LogP contribution is 2.26. The Hall–Kier alpha value is -2.80. The van der Waals surface area contributed by atoms with Crippen LogP contribution in [0.4, 0.5) is 5.69 Å². The largest absolute Gasteiger partial charge is 0.491 e. The van der Waals surface area contributed by atoms with Crippen LogP contribution >= 0.6 is 11.8 Å². The summed E-state index contributed by atoms with van der Waals surface area (Å²) in [5.41, 5.74) is 1.68. The van der Waals surface area contributed by atoms with Crippen molar-refractivity contribution in [2.75, 3.05) is 11.9 Å². The number of carbonyl (C=O) groups is 2. The first-order valence-electron chi connectivity index (χ1n) is 9.23. The fourth-order valence-corrected chi connectivity index (χ4v) is 3.61. The average molecular weight is 398 g/mol. The predicted octanol–water partition coefficient (Wildman–Crippen LogP) is 3.59. The van der Waals surface area contributed by atoms with Gasteiger partial charge in [0.05, 0.1) is 18.8 Å². The van der Waals surface area contributed by atoms with Crippen LogP contribution in [0.2, 0.25) is 0 Å². The molecule has 3 rings (SSSR count). The molecule has 2 aromatic rings. The van der Waals surface area contributed by atoms with Crippen LogP contribution in [0.25, 0.3) is 0 Å². The number of amides is 2. The smallest absolute Gasteiger partial charge is 0.240 e. The molecule has 1 fully saturated rings. The molecule has 1 aliphatic rings. The fraction of sp³-hybridized carbons (Fsp3) is 0.286. The lowest BCUT2D eigenvalue weighted by Crippen LogP contribution is -2.28. The fourth-order valence-electron chi connectivity index (χ4n) is 2.64. The molecular weight excluding hydrogens is 374 g/mol. The maximum absolute atomic E-state index is 12.4. The van der Waals surface area contributed by atoms with Gasteiger partial charge in [0.1, 0.15) is 11.0 Å². The normalized spacial score (nSPS) is 17.4. The van der Waals surface area contributed by atoms with E-state index in [1.54, 1.807) is 6.07 Å². The van der Waals surface area contributed by atoms with E-state index in [2.05, 4.69) is 15.6 Å². The Labute approximate surface area is 168 Å². The van der Waals surface area contributed by atoms with Crippen molar-refractivity contribution in [1.29, 1.82) is 0 Å². The molecule has 1 saturated heterocycles. The molecule has 146 valence electrons. The van der Waals surface area contributed by atoms with E-state index in [1.165, 1.54) is 11.8 Å². The van der Waals surface area contributed by atoms with E-state index in [9.17, 15) is 9.59 Å². The van der Waals surface area contributed by atoms with Gasteiger partial charge in [-0.15, -0.1) is 0 Å². The molecule has 1 heterocycles. The molecule has 0 saturated carbocycles. The lowest BCUT2D eigenvalue weighted by Gasteiger charge is -2.12. The minimum Gasteiger partial charge on any atom is -0.491 e. The van der Waals surface area contributed by atoms with Crippen molar-refractivity contribution in [3.63, 3.8) is 0 Å². The number of nitrogens with zero attached hydrogens (tertiary/aromatic N) is 1. The van der Waals surface area contributed by atoms with Crippen LogP contribution < -0.4 is 15.4 Å². The highest BCUT2D eigenvalue weighted by Gasteiger charge is 2.32. The van der Waals surface area contributed by atoms with Gasteiger partial charge in [0.15, 0.2) is 5.17 Å². The van der Waals surface area contributed by atoms with Crippen LogP contribution in [0.15, 0.2) is 59.6 Å². The van der Waals surface area contributed by atoms with Gasteiger partial charge in [0.25, 0.3) is 0 Å². The van der Waals surface area contributed by atoms with Crippen molar-refractivity contribution >= 4 is 34.4 Å². The molecule has 28 heavy (non-hydrogen) atoms. The number of anilines is 1. The lowest BCUT2D eigenvalue weighted by atomic mass is 10.2. The van der Waals surface area contributed by atoms with Crippen molar-refractivity contribution in [3.05, 3.63) is 60.2 Å². The van der Waals surface area contributed by atoms with Crippen molar-refractivity contribution in [3.8, 4) is 5.75 Å². The van der Waals surface area contributed by atoms with E-state index < -0.39 is 5.25 Å². The second-order valence-corrected chi connectivity index (χ2v) is 7.49. The molecule has 0 bridgehead atoms. The van der Waals surface area contributed by atoms with Crippen LogP contribution in [-0.2, 0) is 16.1 Å². The first-order chi connectivity index (χ1) is 13.7. The number of thioether (sulfide) groups is 1. The quantitative estimate of drug-likeness (QED) is 0.713. The van der Waals surface area contributed by atoms with Crippen LogP contribution in [0.1, 0.15) is 25.3 Å². The topological polar surface area (TPSA) is 79.8 Å². The van der Waals surface area contributed by atoms with Crippen molar-refractivity contribution in [2.24, 2.45) is 4.99 Å². The highest BCUT2D eigenvalue weighted by atomic mass is 32.2. The average Bonchev–Trinajstić information content (AvgIpc) is 3.05. The summed E-state index contributed by atoms with van der Waals surface area (Å²) in [5.74, 6) is 0.207. The van der Waals surface area contributed by atoms with E-state index in [0.29, 0.717) is 29.8 Å². The summed E-state index contributed by atoms with van der Waals surface area (Å²) in [4.78, 5) is 29.0. The maximum Gasteiger partial charge on any atom is 0.240 e. The molecular formula is C21H23N3O3S. The molecule has 0 aromatic heterocycles. The van der Waals surface area contributed by atoms with Crippen molar-refractivity contribution in [2.45, 2.75) is 31.6 Å². The molecule has 0 unspecified atom stereocenters. The summed E-state index contributed by atoms with van der Waals surface area (Å²) in [7, 11) is 0. The van der Waals surface area contributed by atoms with Gasteiger partial charge in [-0.25, -0.2) is 0 Å². The molecule has 2 N–H and O–H groups in total. The summed E-state index contributed by atoms with van der Waals surface area (Å²) in [6, 6.07) is 17.1. The minimum absolute atomic E-state index is 0.0724. The summed E-state index contributed by atoms with van der Waals surface area (Å²) in [6.45, 7) is 3.09. The second kappa shape index (κ2) is 9.94. The summed E-state index contributed by atoms with van der Waals surface area (Å²) < 4.78 is 5.65. The van der Waals surface area contributed by atoms with Gasteiger partial charge in [0, 0.05) is 6.42 Å². The Kier molecular flexibility index (Phi) is 7.08. The van der Waals surface area contributed by atoms with Crippen molar-refractivity contribution in [1.82, 2.24) is 5.32 Å². The molecule has 0 radical (unpaired) electrons. The molecule has 1 atom stereocenters. The second-order valence-electron chi connectivity index (χ2n) is 6.30. The first kappa shape index (κ1) is 19.9. The van der Waals surface area contributed by atoms with Gasteiger partial charge >= 0.3 is 0 Å². The van der Waals surface area contributed by atoms with Gasteiger partial charge in [-0.05, 0) is 24.1 Å². The number of ether oxygens (including phenoxy) is 1. The monoisotopic (exact) mass is 397 g/mol. The molecule has 2 aromatic carbocycles. The number of para-hydroxylation sites is 2. The van der Waals surface area contributed by atoms with Crippen molar-refractivity contribution < 1.29 is 14.3 Å². The number of rotatable bonds is 8. The van der Waals surface area contributed by atoms with Crippen LogP contribution in [0, 0.1) is 0 Å². The van der Waals surface area contributed by atoms with Gasteiger partial charge in [0.2, 0.25) is 11.8 Å². The lowest BCUT2D eigenvalue weighted by molar-refractivity contribution is -0.122. The number of carbonyl (C=O) groups excluding carboxylic acids is 2. The zero-order valence-corrected chi connectivity index (χ0v) is 16.5. The Morgan fingerprint density at radius 2 is 1.93 bits per heavy atom. The summed E-state index contributed by atoms with van der Waals surface area (Å²) in [6.07, 6.45) is 0.954. The van der Waals surface area contributed by atoms with E-state index in [1.807, 2.05) is 55.5 Å².